The normalized spacial score (nSPS) is 14.5. The first-order valence-electron chi connectivity index (χ1n) is 9.38. The van der Waals surface area contributed by atoms with Gasteiger partial charge in [-0.15, -0.1) is 4.40 Å². The summed E-state index contributed by atoms with van der Waals surface area (Å²) in [4.78, 5) is 0.0350. The second-order valence-electron chi connectivity index (χ2n) is 7.10. The van der Waals surface area contributed by atoms with Gasteiger partial charge in [-0.2, -0.15) is 8.42 Å². The quantitative estimate of drug-likeness (QED) is 0.531. The number of halogens is 1. The molecule has 8 heteroatoms. The second-order valence-corrected chi connectivity index (χ2v) is 9.08. The summed E-state index contributed by atoms with van der Waals surface area (Å²) >= 11 is 6.18. The molecule has 154 valence electrons. The van der Waals surface area contributed by atoms with E-state index < -0.39 is 10.0 Å². The summed E-state index contributed by atoms with van der Waals surface area (Å²) in [5.41, 5.74) is 2.20. The highest BCUT2D eigenvalue weighted by molar-refractivity contribution is 7.90. The summed E-state index contributed by atoms with van der Waals surface area (Å²) in [7, 11) is -3.91. The van der Waals surface area contributed by atoms with Gasteiger partial charge in [0.15, 0.2) is 5.75 Å². The molecule has 4 rings (SSSR count). The molecule has 3 aromatic rings. The fraction of sp³-hybridized carbons (Fsp3) is 0.136. The molecule has 0 saturated heterocycles. The molecule has 0 amide bonds. The van der Waals surface area contributed by atoms with E-state index in [0.717, 1.165) is 0 Å². The topological polar surface area (TPSA) is 79.8 Å². The molecule has 0 unspecified atom stereocenters. The number of para-hydroxylation sites is 2. The molecule has 1 aliphatic rings. The molecule has 0 saturated carbocycles. The third-order valence-electron chi connectivity index (χ3n) is 4.62. The Morgan fingerprint density at radius 2 is 1.67 bits per heavy atom. The number of guanidine groups is 1. The number of fused-ring (bicyclic) bond motifs is 1. The van der Waals surface area contributed by atoms with Crippen molar-refractivity contribution in [2.75, 3.05) is 10.6 Å². The zero-order valence-corrected chi connectivity index (χ0v) is 18.0. The summed E-state index contributed by atoms with van der Waals surface area (Å²) in [6, 6.07) is 19.5. The van der Waals surface area contributed by atoms with Crippen LogP contribution in [-0.4, -0.2) is 14.4 Å². The molecule has 6 nitrogen and oxygen atoms in total. The number of benzene rings is 3. The Morgan fingerprint density at radius 1 is 0.967 bits per heavy atom. The Morgan fingerprint density at radius 3 is 2.37 bits per heavy atom. The van der Waals surface area contributed by atoms with Gasteiger partial charge in [-0.3, -0.25) is 0 Å². The first-order valence-corrected chi connectivity index (χ1v) is 11.2. The molecular formula is C22H20ClN3O3S. The number of hydrogen-bond donors (Lipinski definition) is 2. The average Bonchev–Trinajstić information content (AvgIpc) is 2.70. The first-order chi connectivity index (χ1) is 14.3. The van der Waals surface area contributed by atoms with Crippen LogP contribution in [0.4, 0.5) is 11.4 Å². The molecule has 0 aliphatic carbocycles. The summed E-state index contributed by atoms with van der Waals surface area (Å²) < 4.78 is 35.2. The van der Waals surface area contributed by atoms with Crippen LogP contribution in [-0.2, 0) is 10.0 Å². The fourth-order valence-corrected chi connectivity index (χ4v) is 4.30. The maximum Gasteiger partial charge on any atom is 0.287 e. The fourth-order valence-electron chi connectivity index (χ4n) is 3.03. The molecule has 0 fully saturated rings. The monoisotopic (exact) mass is 441 g/mol. The molecule has 1 aliphatic heterocycles. The molecule has 3 aromatic carbocycles. The molecule has 0 atom stereocenters. The lowest BCUT2D eigenvalue weighted by Crippen LogP contribution is -2.28. The number of anilines is 2. The Balaban J connectivity index is 1.65. The van der Waals surface area contributed by atoms with Crippen molar-refractivity contribution >= 4 is 39.0 Å². The van der Waals surface area contributed by atoms with Crippen LogP contribution in [0.5, 0.6) is 11.5 Å². The molecule has 0 aromatic heterocycles. The lowest BCUT2D eigenvalue weighted by molar-refractivity contribution is 0.483. The van der Waals surface area contributed by atoms with Crippen molar-refractivity contribution in [2.24, 2.45) is 4.40 Å². The predicted molar refractivity (Wildman–Crippen MR) is 120 cm³/mol. The van der Waals surface area contributed by atoms with Gasteiger partial charge in [0.2, 0.25) is 5.96 Å². The minimum absolute atomic E-state index is 0.0350. The van der Waals surface area contributed by atoms with Crippen molar-refractivity contribution in [1.29, 1.82) is 0 Å². The van der Waals surface area contributed by atoms with Gasteiger partial charge in [0.25, 0.3) is 10.0 Å². The van der Waals surface area contributed by atoms with Crippen LogP contribution < -0.4 is 15.4 Å². The van der Waals surface area contributed by atoms with Crippen molar-refractivity contribution in [3.63, 3.8) is 0 Å². The van der Waals surface area contributed by atoms with Gasteiger partial charge < -0.3 is 15.4 Å². The van der Waals surface area contributed by atoms with E-state index in [1.54, 1.807) is 36.4 Å². The van der Waals surface area contributed by atoms with Crippen molar-refractivity contribution in [3.8, 4) is 11.5 Å². The lowest BCUT2D eigenvalue weighted by Gasteiger charge is -2.22. The van der Waals surface area contributed by atoms with Crippen molar-refractivity contribution in [3.05, 3.63) is 77.3 Å². The van der Waals surface area contributed by atoms with E-state index in [-0.39, 0.29) is 10.9 Å². The van der Waals surface area contributed by atoms with Gasteiger partial charge in [0, 0.05) is 5.69 Å². The summed E-state index contributed by atoms with van der Waals surface area (Å²) in [5, 5.41) is 6.48. The SMILES string of the molecule is CC(C)c1ccc(NC2=NS(=O)(=O)c3cccc(Oc4ccccc4Cl)c3N2)cc1. The van der Waals surface area contributed by atoms with Gasteiger partial charge in [-0.25, -0.2) is 0 Å². The standard InChI is InChI=1S/C22H20ClN3O3S/c1-14(2)15-10-12-16(13-11-15)24-22-25-21-19(29-18-7-4-3-6-17(18)23)8-5-9-20(21)30(27,28)26-22/h3-14H,1-2H3,(H2,24,25,26). The van der Waals surface area contributed by atoms with Crippen LogP contribution >= 0.6 is 11.6 Å². The van der Waals surface area contributed by atoms with E-state index in [2.05, 4.69) is 28.9 Å². The Kier molecular flexibility index (Phi) is 5.40. The van der Waals surface area contributed by atoms with Gasteiger partial charge in [0.05, 0.1) is 5.02 Å². The largest absolute Gasteiger partial charge is 0.454 e. The van der Waals surface area contributed by atoms with Crippen LogP contribution in [0.25, 0.3) is 0 Å². The maximum absolute atomic E-state index is 12.7. The summed E-state index contributed by atoms with van der Waals surface area (Å²) in [5.74, 6) is 1.25. The van der Waals surface area contributed by atoms with Crippen molar-refractivity contribution in [1.82, 2.24) is 0 Å². The third kappa shape index (κ3) is 4.13. The number of ether oxygens (including phenoxy) is 1. The zero-order valence-electron chi connectivity index (χ0n) is 16.4. The number of sulfonamides is 1. The van der Waals surface area contributed by atoms with E-state index in [0.29, 0.717) is 33.8 Å². The average molecular weight is 442 g/mol. The van der Waals surface area contributed by atoms with Crippen LogP contribution in [0.15, 0.2) is 76.0 Å². The Bertz CT molecular complexity index is 1220. The minimum atomic E-state index is -3.91. The van der Waals surface area contributed by atoms with Gasteiger partial charge in [0.1, 0.15) is 16.3 Å². The number of rotatable bonds is 4. The Labute approximate surface area is 180 Å². The van der Waals surface area contributed by atoms with Crippen LogP contribution in [0.3, 0.4) is 0 Å². The molecule has 0 radical (unpaired) electrons. The number of hydrogen-bond acceptors (Lipinski definition) is 5. The first kappa shape index (κ1) is 20.3. The van der Waals surface area contributed by atoms with E-state index in [4.69, 9.17) is 16.3 Å². The van der Waals surface area contributed by atoms with Gasteiger partial charge >= 0.3 is 0 Å². The number of nitrogens with zero attached hydrogens (tertiary/aromatic N) is 1. The molecule has 0 spiro atoms. The third-order valence-corrected chi connectivity index (χ3v) is 6.25. The van der Waals surface area contributed by atoms with Crippen molar-refractivity contribution in [2.45, 2.75) is 24.7 Å². The highest BCUT2D eigenvalue weighted by Gasteiger charge is 2.28. The second kappa shape index (κ2) is 8.01. The summed E-state index contributed by atoms with van der Waals surface area (Å²) in [6.45, 7) is 4.22. The summed E-state index contributed by atoms with van der Waals surface area (Å²) in [6.07, 6.45) is 0. The van der Waals surface area contributed by atoms with E-state index >= 15 is 0 Å². The lowest BCUT2D eigenvalue weighted by atomic mass is 10.0. The Hall–Kier alpha value is -3.03. The highest BCUT2D eigenvalue weighted by Crippen LogP contribution is 2.39. The molecular weight excluding hydrogens is 422 g/mol. The van der Waals surface area contributed by atoms with Crippen molar-refractivity contribution < 1.29 is 13.2 Å². The maximum atomic E-state index is 12.7. The molecule has 1 heterocycles. The van der Waals surface area contributed by atoms with E-state index in [1.807, 2.05) is 24.3 Å². The van der Waals surface area contributed by atoms with Crippen LogP contribution in [0, 0.1) is 0 Å². The van der Waals surface area contributed by atoms with Crippen LogP contribution in [0.1, 0.15) is 25.3 Å². The zero-order chi connectivity index (χ0) is 21.3. The van der Waals surface area contributed by atoms with Gasteiger partial charge in [-0.05, 0) is 47.9 Å². The number of nitrogens with one attached hydrogen (secondary N) is 2. The van der Waals surface area contributed by atoms with Crippen LogP contribution in [0.2, 0.25) is 5.02 Å². The minimum Gasteiger partial charge on any atom is -0.454 e. The molecule has 0 bridgehead atoms. The van der Waals surface area contributed by atoms with E-state index in [9.17, 15) is 8.42 Å². The van der Waals surface area contributed by atoms with E-state index in [1.165, 1.54) is 11.6 Å². The molecule has 2 N–H and O–H groups in total. The highest BCUT2D eigenvalue weighted by atomic mass is 35.5. The predicted octanol–water partition coefficient (Wildman–Crippen LogP) is 5.84. The molecule has 30 heavy (non-hydrogen) atoms. The smallest absolute Gasteiger partial charge is 0.287 e. The van der Waals surface area contributed by atoms with Gasteiger partial charge in [-0.1, -0.05) is 55.8 Å².